The Hall–Kier alpha value is -0.670. The molecule has 0 heterocycles. The first-order valence-corrected chi connectivity index (χ1v) is 8.90. The van der Waals surface area contributed by atoms with Crippen molar-refractivity contribution in [2.75, 3.05) is 31.8 Å². The molecule has 1 aliphatic rings. The van der Waals surface area contributed by atoms with E-state index in [1.54, 1.807) is 0 Å². The molecule has 1 N–H and O–H groups in total. The second-order valence-electron chi connectivity index (χ2n) is 6.11. The minimum Gasteiger partial charge on any atom is -0.378 e. The summed E-state index contributed by atoms with van der Waals surface area (Å²) in [5, 5.41) is 3.68. The van der Waals surface area contributed by atoms with E-state index in [2.05, 4.69) is 66.6 Å². The topological polar surface area (TPSA) is 15.3 Å². The maximum Gasteiger partial charge on any atom is 0.0361 e. The summed E-state index contributed by atoms with van der Waals surface area (Å²) in [6, 6.07) is 8.86. The summed E-state index contributed by atoms with van der Waals surface area (Å²) in [6.07, 6.45) is 9.26. The van der Waals surface area contributed by atoms with Gasteiger partial charge in [0, 0.05) is 37.6 Å². The van der Waals surface area contributed by atoms with Crippen LogP contribution < -0.4 is 10.2 Å². The summed E-state index contributed by atoms with van der Waals surface area (Å²) in [5.41, 5.74) is 2.64. The lowest BCUT2D eigenvalue weighted by molar-refractivity contribution is 0.379. The zero-order valence-corrected chi connectivity index (χ0v) is 13.9. The molecule has 1 aromatic rings. The Balaban J connectivity index is 1.82. The van der Waals surface area contributed by atoms with E-state index in [1.165, 1.54) is 43.4 Å². The first-order valence-electron chi connectivity index (χ1n) is 7.67. The van der Waals surface area contributed by atoms with Crippen LogP contribution >= 0.6 is 11.8 Å². The highest BCUT2D eigenvalue weighted by molar-refractivity contribution is 8.00. The van der Waals surface area contributed by atoms with E-state index in [0.29, 0.717) is 4.75 Å². The van der Waals surface area contributed by atoms with Crippen molar-refractivity contribution in [1.29, 1.82) is 0 Å². The minimum absolute atomic E-state index is 0.488. The molecule has 1 aromatic carbocycles. The van der Waals surface area contributed by atoms with Crippen LogP contribution in [0.15, 0.2) is 24.3 Å². The number of hydrogen-bond acceptors (Lipinski definition) is 3. The highest BCUT2D eigenvalue weighted by Gasteiger charge is 2.30. The van der Waals surface area contributed by atoms with Gasteiger partial charge in [-0.3, -0.25) is 0 Å². The number of anilines is 1. The monoisotopic (exact) mass is 292 g/mol. The third kappa shape index (κ3) is 4.16. The number of hydrogen-bond donors (Lipinski definition) is 1. The summed E-state index contributed by atoms with van der Waals surface area (Å²) in [5.74, 6) is 0. The highest BCUT2D eigenvalue weighted by Crippen LogP contribution is 2.37. The van der Waals surface area contributed by atoms with Crippen molar-refractivity contribution in [3.63, 3.8) is 0 Å². The maximum atomic E-state index is 3.68. The van der Waals surface area contributed by atoms with Crippen LogP contribution in [0.4, 0.5) is 5.69 Å². The van der Waals surface area contributed by atoms with Gasteiger partial charge in [-0.15, -0.1) is 0 Å². The molecule has 0 unspecified atom stereocenters. The van der Waals surface area contributed by atoms with Gasteiger partial charge in [0.15, 0.2) is 0 Å². The van der Waals surface area contributed by atoms with Crippen LogP contribution in [0.2, 0.25) is 0 Å². The minimum atomic E-state index is 0.488. The van der Waals surface area contributed by atoms with E-state index >= 15 is 0 Å². The number of rotatable bonds is 6. The quantitative estimate of drug-likeness (QED) is 0.856. The summed E-state index contributed by atoms with van der Waals surface area (Å²) >= 11 is 2.07. The third-order valence-corrected chi connectivity index (χ3v) is 5.85. The molecule has 0 aliphatic heterocycles. The largest absolute Gasteiger partial charge is 0.378 e. The number of benzene rings is 1. The molecule has 2 nitrogen and oxygen atoms in total. The first kappa shape index (κ1) is 15.7. The van der Waals surface area contributed by atoms with Gasteiger partial charge in [0.2, 0.25) is 0 Å². The Morgan fingerprint density at radius 1 is 1.10 bits per heavy atom. The van der Waals surface area contributed by atoms with Gasteiger partial charge in [-0.05, 0) is 36.8 Å². The van der Waals surface area contributed by atoms with Crippen molar-refractivity contribution < 1.29 is 0 Å². The van der Waals surface area contributed by atoms with E-state index in [-0.39, 0.29) is 0 Å². The van der Waals surface area contributed by atoms with Gasteiger partial charge < -0.3 is 10.2 Å². The molecule has 0 spiro atoms. The normalized spacial score (nSPS) is 17.9. The first-order chi connectivity index (χ1) is 9.65. The van der Waals surface area contributed by atoms with E-state index < -0.39 is 0 Å². The second-order valence-corrected chi connectivity index (χ2v) is 7.39. The average Bonchev–Trinajstić information content (AvgIpc) is 2.49. The van der Waals surface area contributed by atoms with Gasteiger partial charge in [-0.2, -0.15) is 11.8 Å². The zero-order chi connectivity index (χ0) is 14.4. The predicted octanol–water partition coefficient (Wildman–Crippen LogP) is 3.91. The van der Waals surface area contributed by atoms with E-state index in [9.17, 15) is 0 Å². The van der Waals surface area contributed by atoms with Gasteiger partial charge in [-0.1, -0.05) is 31.4 Å². The van der Waals surface area contributed by atoms with Crippen molar-refractivity contribution in [3.8, 4) is 0 Å². The summed E-state index contributed by atoms with van der Waals surface area (Å²) in [7, 11) is 4.16. The maximum absolute atomic E-state index is 3.68. The average molecular weight is 292 g/mol. The Labute approximate surface area is 128 Å². The fourth-order valence-electron chi connectivity index (χ4n) is 3.00. The second kappa shape index (κ2) is 7.37. The lowest BCUT2D eigenvalue weighted by Gasteiger charge is -2.36. The molecule has 20 heavy (non-hydrogen) atoms. The van der Waals surface area contributed by atoms with E-state index in [1.807, 2.05) is 0 Å². The van der Waals surface area contributed by atoms with Crippen LogP contribution in [-0.2, 0) is 6.54 Å². The van der Waals surface area contributed by atoms with Crippen LogP contribution in [0.1, 0.15) is 37.7 Å². The van der Waals surface area contributed by atoms with Crippen LogP contribution in [0.25, 0.3) is 0 Å². The molecule has 0 amide bonds. The van der Waals surface area contributed by atoms with E-state index in [4.69, 9.17) is 0 Å². The summed E-state index contributed by atoms with van der Waals surface area (Å²) in [6.45, 7) is 2.12. The molecule has 0 atom stereocenters. The molecule has 0 bridgehead atoms. The fraction of sp³-hybridized carbons (Fsp3) is 0.647. The van der Waals surface area contributed by atoms with E-state index in [0.717, 1.165) is 13.1 Å². The number of thioether (sulfide) groups is 1. The third-order valence-electron chi connectivity index (χ3n) is 4.43. The molecule has 0 radical (unpaired) electrons. The number of nitrogens with one attached hydrogen (secondary N) is 1. The van der Waals surface area contributed by atoms with Crippen molar-refractivity contribution in [1.82, 2.24) is 5.32 Å². The van der Waals surface area contributed by atoms with Gasteiger partial charge in [0.1, 0.15) is 0 Å². The van der Waals surface area contributed by atoms with Gasteiger partial charge >= 0.3 is 0 Å². The van der Waals surface area contributed by atoms with Crippen LogP contribution in [0.3, 0.4) is 0 Å². The lowest BCUT2D eigenvalue weighted by atomic mass is 9.88. The molecule has 2 rings (SSSR count). The standard InChI is InChI=1S/C17H28N2S/c1-19(2)16-9-7-15(8-10-16)13-18-14-17(20-3)11-5-4-6-12-17/h7-10,18H,4-6,11-14H2,1-3H3. The summed E-state index contributed by atoms with van der Waals surface area (Å²) < 4.78 is 0.488. The Morgan fingerprint density at radius 3 is 2.30 bits per heavy atom. The van der Waals surface area contributed by atoms with Crippen LogP contribution in [0, 0.1) is 0 Å². The Morgan fingerprint density at radius 2 is 1.75 bits per heavy atom. The summed E-state index contributed by atoms with van der Waals surface area (Å²) in [4.78, 5) is 2.14. The molecule has 0 saturated heterocycles. The van der Waals surface area contributed by atoms with Gasteiger partial charge in [0.05, 0.1) is 0 Å². The Bertz CT molecular complexity index is 394. The highest BCUT2D eigenvalue weighted by atomic mass is 32.2. The van der Waals surface area contributed by atoms with Crippen molar-refractivity contribution >= 4 is 17.4 Å². The molecule has 1 aliphatic carbocycles. The molecule has 1 fully saturated rings. The smallest absolute Gasteiger partial charge is 0.0361 e. The molecular formula is C17H28N2S. The molecule has 3 heteroatoms. The van der Waals surface area contributed by atoms with Crippen LogP contribution in [-0.4, -0.2) is 31.6 Å². The molecule has 112 valence electrons. The van der Waals surface area contributed by atoms with Gasteiger partial charge in [0.25, 0.3) is 0 Å². The van der Waals surface area contributed by atoms with Gasteiger partial charge in [-0.25, -0.2) is 0 Å². The predicted molar refractivity (Wildman–Crippen MR) is 91.8 cm³/mol. The molecular weight excluding hydrogens is 264 g/mol. The SMILES string of the molecule is CSC1(CNCc2ccc(N(C)C)cc2)CCCCC1. The zero-order valence-electron chi connectivity index (χ0n) is 13.1. The fourth-order valence-corrected chi connectivity index (χ4v) is 3.94. The molecule has 0 aromatic heterocycles. The van der Waals surface area contributed by atoms with Crippen molar-refractivity contribution in [2.45, 2.75) is 43.4 Å². The van der Waals surface area contributed by atoms with Crippen LogP contribution in [0.5, 0.6) is 0 Å². The Kier molecular flexibility index (Phi) is 5.79. The van der Waals surface area contributed by atoms with Crippen molar-refractivity contribution in [3.05, 3.63) is 29.8 Å². The molecule has 1 saturated carbocycles. The lowest BCUT2D eigenvalue weighted by Crippen LogP contribution is -2.39. The van der Waals surface area contributed by atoms with Crippen molar-refractivity contribution in [2.24, 2.45) is 0 Å². The number of nitrogens with zero attached hydrogens (tertiary/aromatic N) is 1.